The zero-order chi connectivity index (χ0) is 13.2. The van der Waals surface area contributed by atoms with Crippen LogP contribution in [0.5, 0.6) is 0 Å². The number of hydrogen-bond acceptors (Lipinski definition) is 6. The lowest BCUT2D eigenvalue weighted by molar-refractivity contribution is 0.0315. The molecular formula is C12H18N2O3S. The number of anilines is 1. The van der Waals surface area contributed by atoms with Crippen molar-refractivity contribution < 1.29 is 14.3 Å². The van der Waals surface area contributed by atoms with Crippen molar-refractivity contribution in [3.05, 3.63) is 10.6 Å². The number of nitrogens with zero attached hydrogens (tertiary/aromatic N) is 1. The van der Waals surface area contributed by atoms with E-state index in [2.05, 4.69) is 22.0 Å². The van der Waals surface area contributed by atoms with Gasteiger partial charge in [-0.25, -0.2) is 9.78 Å². The smallest absolute Gasteiger partial charge is 0.357 e. The second kappa shape index (κ2) is 5.24. The number of methoxy groups -OCH3 is 1. The number of carbonyl (C=O) groups is 1. The zero-order valence-electron chi connectivity index (χ0n) is 10.9. The van der Waals surface area contributed by atoms with Crippen molar-refractivity contribution in [1.29, 1.82) is 0 Å². The number of nitrogens with one attached hydrogen (secondary N) is 1. The van der Waals surface area contributed by atoms with Crippen LogP contribution in [0, 0.1) is 6.92 Å². The quantitative estimate of drug-likeness (QED) is 0.850. The molecule has 0 radical (unpaired) electrons. The van der Waals surface area contributed by atoms with E-state index in [1.807, 2.05) is 6.92 Å². The van der Waals surface area contributed by atoms with Gasteiger partial charge in [-0.1, -0.05) is 0 Å². The molecular weight excluding hydrogens is 252 g/mol. The highest BCUT2D eigenvalue weighted by molar-refractivity contribution is 7.15. The van der Waals surface area contributed by atoms with Gasteiger partial charge in [0.25, 0.3) is 0 Å². The van der Waals surface area contributed by atoms with Crippen LogP contribution in [0.15, 0.2) is 0 Å². The van der Waals surface area contributed by atoms with Crippen LogP contribution in [0.25, 0.3) is 0 Å². The van der Waals surface area contributed by atoms with Gasteiger partial charge in [0.05, 0.1) is 12.7 Å². The Bertz CT molecular complexity index is 439. The van der Waals surface area contributed by atoms with Gasteiger partial charge in [-0.15, -0.1) is 11.3 Å². The van der Waals surface area contributed by atoms with Crippen LogP contribution in [0.3, 0.4) is 0 Å². The summed E-state index contributed by atoms with van der Waals surface area (Å²) < 4.78 is 10.4. The lowest BCUT2D eigenvalue weighted by Crippen LogP contribution is -2.32. The SMILES string of the molecule is COC(=O)c1nc(NCC2(C)CCCO2)sc1C. The van der Waals surface area contributed by atoms with Crippen LogP contribution < -0.4 is 5.32 Å². The van der Waals surface area contributed by atoms with Crippen molar-refractivity contribution in [2.75, 3.05) is 25.6 Å². The summed E-state index contributed by atoms with van der Waals surface area (Å²) in [5.41, 5.74) is 0.271. The molecule has 1 aromatic rings. The van der Waals surface area contributed by atoms with E-state index in [1.165, 1.54) is 18.4 Å². The first kappa shape index (κ1) is 13.3. The Labute approximate surface area is 111 Å². The van der Waals surface area contributed by atoms with Crippen molar-refractivity contribution in [2.24, 2.45) is 0 Å². The zero-order valence-corrected chi connectivity index (χ0v) is 11.7. The summed E-state index contributed by atoms with van der Waals surface area (Å²) in [4.78, 5) is 16.6. The van der Waals surface area contributed by atoms with E-state index in [1.54, 1.807) is 0 Å². The van der Waals surface area contributed by atoms with E-state index in [9.17, 15) is 4.79 Å². The van der Waals surface area contributed by atoms with Crippen LogP contribution in [0.2, 0.25) is 0 Å². The molecule has 1 aliphatic rings. The van der Waals surface area contributed by atoms with Gasteiger partial charge < -0.3 is 14.8 Å². The third-order valence-corrected chi connectivity index (χ3v) is 4.02. The van der Waals surface area contributed by atoms with E-state index >= 15 is 0 Å². The fraction of sp³-hybridized carbons (Fsp3) is 0.667. The third-order valence-electron chi connectivity index (χ3n) is 3.09. The fourth-order valence-electron chi connectivity index (χ4n) is 2.00. The first-order valence-electron chi connectivity index (χ1n) is 5.98. The molecule has 1 saturated heterocycles. The minimum atomic E-state index is -0.389. The number of carbonyl (C=O) groups excluding carboxylic acids is 1. The minimum absolute atomic E-state index is 0.120. The Kier molecular flexibility index (Phi) is 3.87. The standard InChI is InChI=1S/C12H18N2O3S/c1-8-9(10(15)16-3)14-11(18-8)13-7-12(2)5-4-6-17-12/h4-7H2,1-3H3,(H,13,14). The van der Waals surface area contributed by atoms with Crippen molar-refractivity contribution >= 4 is 22.4 Å². The predicted octanol–water partition coefficient (Wildman–Crippen LogP) is 2.22. The van der Waals surface area contributed by atoms with Crippen molar-refractivity contribution in [3.8, 4) is 0 Å². The molecule has 1 unspecified atom stereocenters. The van der Waals surface area contributed by atoms with Gasteiger partial charge in [-0.05, 0) is 26.7 Å². The molecule has 100 valence electrons. The molecule has 0 aromatic carbocycles. The van der Waals surface area contributed by atoms with E-state index in [-0.39, 0.29) is 11.6 Å². The second-order valence-corrected chi connectivity index (χ2v) is 5.87. The summed E-state index contributed by atoms with van der Waals surface area (Å²) in [7, 11) is 1.36. The van der Waals surface area contributed by atoms with Crippen LogP contribution in [0.4, 0.5) is 5.13 Å². The summed E-state index contributed by atoms with van der Waals surface area (Å²) in [5, 5.41) is 3.98. The molecule has 1 aromatic heterocycles. The third kappa shape index (κ3) is 2.81. The van der Waals surface area contributed by atoms with E-state index < -0.39 is 0 Å². The summed E-state index contributed by atoms with van der Waals surface area (Å²) in [6.45, 7) is 5.49. The van der Waals surface area contributed by atoms with E-state index in [0.29, 0.717) is 12.2 Å². The van der Waals surface area contributed by atoms with Gasteiger partial charge in [-0.3, -0.25) is 0 Å². The van der Waals surface area contributed by atoms with Gasteiger partial charge >= 0.3 is 5.97 Å². The Morgan fingerprint density at radius 1 is 1.67 bits per heavy atom. The predicted molar refractivity (Wildman–Crippen MR) is 70.3 cm³/mol. The molecule has 0 saturated carbocycles. The lowest BCUT2D eigenvalue weighted by Gasteiger charge is -2.22. The number of thiazole rings is 1. The fourth-order valence-corrected chi connectivity index (χ4v) is 2.79. The molecule has 5 nitrogen and oxygen atoms in total. The van der Waals surface area contributed by atoms with Crippen LogP contribution >= 0.6 is 11.3 Å². The molecule has 1 atom stereocenters. The second-order valence-electron chi connectivity index (χ2n) is 4.67. The summed E-state index contributed by atoms with van der Waals surface area (Å²) >= 11 is 1.46. The van der Waals surface area contributed by atoms with Crippen molar-refractivity contribution in [2.45, 2.75) is 32.3 Å². The number of hydrogen-bond donors (Lipinski definition) is 1. The maximum atomic E-state index is 11.4. The number of ether oxygens (including phenoxy) is 2. The van der Waals surface area contributed by atoms with Crippen LogP contribution in [-0.4, -0.2) is 36.8 Å². The Balaban J connectivity index is 2.00. The number of rotatable bonds is 4. The van der Waals surface area contributed by atoms with Gasteiger partial charge in [0.2, 0.25) is 0 Å². The van der Waals surface area contributed by atoms with E-state index in [4.69, 9.17) is 4.74 Å². The first-order valence-corrected chi connectivity index (χ1v) is 6.79. The molecule has 0 spiro atoms. The molecule has 2 heterocycles. The number of aromatic nitrogens is 1. The molecule has 6 heteroatoms. The van der Waals surface area contributed by atoms with Crippen LogP contribution in [0.1, 0.15) is 35.1 Å². The highest BCUT2D eigenvalue weighted by atomic mass is 32.1. The Hall–Kier alpha value is -1.14. The molecule has 0 amide bonds. The Morgan fingerprint density at radius 2 is 2.44 bits per heavy atom. The average Bonchev–Trinajstić information content (AvgIpc) is 2.93. The maximum absolute atomic E-state index is 11.4. The maximum Gasteiger partial charge on any atom is 0.357 e. The molecule has 0 aliphatic carbocycles. The van der Waals surface area contributed by atoms with Gasteiger partial charge in [0.1, 0.15) is 0 Å². The molecule has 2 rings (SSSR count). The van der Waals surface area contributed by atoms with Gasteiger partial charge in [-0.2, -0.15) is 0 Å². The lowest BCUT2D eigenvalue weighted by atomic mass is 10.0. The topological polar surface area (TPSA) is 60.5 Å². The summed E-state index contributed by atoms with van der Waals surface area (Å²) in [6, 6.07) is 0. The summed E-state index contributed by atoms with van der Waals surface area (Å²) in [6.07, 6.45) is 2.15. The normalized spacial score (nSPS) is 23.1. The molecule has 18 heavy (non-hydrogen) atoms. The van der Waals surface area contributed by atoms with Crippen molar-refractivity contribution in [3.63, 3.8) is 0 Å². The summed E-state index contributed by atoms with van der Waals surface area (Å²) in [5.74, 6) is -0.389. The minimum Gasteiger partial charge on any atom is -0.464 e. The monoisotopic (exact) mass is 270 g/mol. The number of esters is 1. The van der Waals surface area contributed by atoms with Crippen molar-refractivity contribution in [1.82, 2.24) is 4.98 Å². The highest BCUT2D eigenvalue weighted by Crippen LogP contribution is 2.27. The van der Waals surface area contributed by atoms with Gasteiger partial charge in [0, 0.05) is 18.0 Å². The first-order chi connectivity index (χ1) is 8.54. The van der Waals surface area contributed by atoms with Crippen LogP contribution in [-0.2, 0) is 9.47 Å². The van der Waals surface area contributed by atoms with Gasteiger partial charge in [0.15, 0.2) is 10.8 Å². The van der Waals surface area contributed by atoms with E-state index in [0.717, 1.165) is 29.5 Å². The molecule has 1 N–H and O–H groups in total. The molecule has 0 bridgehead atoms. The average molecular weight is 270 g/mol. The number of aryl methyl sites for hydroxylation is 1. The molecule has 1 aliphatic heterocycles. The largest absolute Gasteiger partial charge is 0.464 e. The molecule has 1 fully saturated rings. The Morgan fingerprint density at radius 3 is 3.06 bits per heavy atom. The highest BCUT2D eigenvalue weighted by Gasteiger charge is 2.29.